The van der Waals surface area contributed by atoms with Gasteiger partial charge in [0.05, 0.1) is 17.8 Å². The largest absolute Gasteiger partial charge is 0.460 e. The fourth-order valence-corrected chi connectivity index (χ4v) is 1.47. The Kier molecular flexibility index (Phi) is 4.70. The van der Waals surface area contributed by atoms with Crippen molar-refractivity contribution in [2.24, 2.45) is 0 Å². The van der Waals surface area contributed by atoms with Crippen molar-refractivity contribution < 1.29 is 14.3 Å². The summed E-state index contributed by atoms with van der Waals surface area (Å²) in [4.78, 5) is 22.8. The van der Waals surface area contributed by atoms with Crippen LogP contribution >= 0.6 is 0 Å². The van der Waals surface area contributed by atoms with E-state index in [0.717, 1.165) is 0 Å². The molecule has 18 heavy (non-hydrogen) atoms. The fraction of sp³-hybridized carbons (Fsp3) is 0.545. The third-order valence-corrected chi connectivity index (χ3v) is 2.51. The van der Waals surface area contributed by atoms with Crippen LogP contribution in [0.4, 0.5) is 5.69 Å². The van der Waals surface area contributed by atoms with Crippen molar-refractivity contribution in [1.29, 1.82) is 0 Å². The molecule has 0 saturated heterocycles. The average Bonchev–Trinajstić information content (AvgIpc) is 2.64. The fourth-order valence-electron chi connectivity index (χ4n) is 1.47. The van der Waals surface area contributed by atoms with Crippen LogP contribution in [0.5, 0.6) is 0 Å². The number of amides is 1. The van der Waals surface area contributed by atoms with Crippen molar-refractivity contribution in [2.45, 2.75) is 26.8 Å². The number of hydrogen-bond donors (Lipinski definition) is 2. The molecular weight excluding hydrogens is 236 g/mol. The highest BCUT2D eigenvalue weighted by Crippen LogP contribution is 2.17. The highest BCUT2D eigenvalue weighted by atomic mass is 16.5. The molecule has 0 spiro atoms. The molecule has 100 valence electrons. The highest BCUT2D eigenvalue weighted by Gasteiger charge is 2.20. The van der Waals surface area contributed by atoms with E-state index in [2.05, 4.69) is 10.4 Å². The third-order valence-electron chi connectivity index (χ3n) is 2.51. The van der Waals surface area contributed by atoms with Gasteiger partial charge in [0.2, 0.25) is 5.91 Å². The van der Waals surface area contributed by atoms with Gasteiger partial charge in [-0.15, -0.1) is 0 Å². The van der Waals surface area contributed by atoms with Crippen LogP contribution in [0.25, 0.3) is 0 Å². The second-order valence-corrected chi connectivity index (χ2v) is 3.72. The molecule has 0 aromatic carbocycles. The van der Waals surface area contributed by atoms with E-state index in [4.69, 9.17) is 10.5 Å². The monoisotopic (exact) mass is 254 g/mol. The zero-order valence-electron chi connectivity index (χ0n) is 10.8. The van der Waals surface area contributed by atoms with Crippen molar-refractivity contribution >= 4 is 17.6 Å². The number of nitrogens with one attached hydrogen (secondary N) is 1. The number of aromatic nitrogens is 2. The molecule has 1 aromatic heterocycles. The Hall–Kier alpha value is -2.05. The number of nitrogen functional groups attached to an aromatic ring is 1. The first-order chi connectivity index (χ1) is 8.51. The van der Waals surface area contributed by atoms with Gasteiger partial charge in [0.25, 0.3) is 0 Å². The molecule has 0 aliphatic heterocycles. The molecule has 0 atom stereocenters. The molecule has 1 rings (SSSR count). The number of rotatable bonds is 5. The Balaban J connectivity index is 2.69. The van der Waals surface area contributed by atoms with Crippen LogP contribution in [-0.4, -0.2) is 35.3 Å². The van der Waals surface area contributed by atoms with Gasteiger partial charge in [0, 0.05) is 13.6 Å². The SMILES string of the molecule is CCn1nc(C)c(N)c1C(=O)OCCC(=O)NC. The molecule has 0 bridgehead atoms. The van der Waals surface area contributed by atoms with E-state index in [-0.39, 0.29) is 24.6 Å². The van der Waals surface area contributed by atoms with Crippen molar-refractivity contribution in [3.8, 4) is 0 Å². The topological polar surface area (TPSA) is 99.2 Å². The average molecular weight is 254 g/mol. The minimum Gasteiger partial charge on any atom is -0.460 e. The lowest BCUT2D eigenvalue weighted by Gasteiger charge is -2.06. The summed E-state index contributed by atoms with van der Waals surface area (Å²) >= 11 is 0. The molecule has 0 aliphatic carbocycles. The summed E-state index contributed by atoms with van der Waals surface area (Å²) in [6, 6.07) is 0. The lowest BCUT2D eigenvalue weighted by molar-refractivity contribution is -0.121. The van der Waals surface area contributed by atoms with Gasteiger partial charge in [-0.1, -0.05) is 0 Å². The lowest BCUT2D eigenvalue weighted by atomic mass is 10.3. The van der Waals surface area contributed by atoms with Crippen LogP contribution in [-0.2, 0) is 16.1 Å². The molecule has 1 amide bonds. The highest BCUT2D eigenvalue weighted by molar-refractivity contribution is 5.94. The standard InChI is InChI=1S/C11H18N4O3/c1-4-15-10(9(12)7(2)14-15)11(17)18-6-5-8(16)13-3/h4-6,12H2,1-3H3,(H,13,16). The third kappa shape index (κ3) is 2.99. The quantitative estimate of drug-likeness (QED) is 0.725. The first-order valence-electron chi connectivity index (χ1n) is 5.71. The Morgan fingerprint density at radius 3 is 2.72 bits per heavy atom. The number of hydrogen-bond acceptors (Lipinski definition) is 5. The predicted octanol–water partition coefficient (Wildman–Crippen LogP) is 0.0865. The van der Waals surface area contributed by atoms with Crippen molar-refractivity contribution in [1.82, 2.24) is 15.1 Å². The van der Waals surface area contributed by atoms with E-state index >= 15 is 0 Å². The van der Waals surface area contributed by atoms with Gasteiger partial charge in [0.1, 0.15) is 6.61 Å². The second kappa shape index (κ2) is 6.04. The second-order valence-electron chi connectivity index (χ2n) is 3.72. The minimum atomic E-state index is -0.557. The number of nitrogens with two attached hydrogens (primary N) is 1. The number of carbonyl (C=O) groups excluding carboxylic acids is 2. The maximum Gasteiger partial charge on any atom is 0.358 e. The van der Waals surface area contributed by atoms with Crippen LogP contribution in [0.2, 0.25) is 0 Å². The van der Waals surface area contributed by atoms with E-state index in [9.17, 15) is 9.59 Å². The molecule has 0 saturated carbocycles. The van der Waals surface area contributed by atoms with Gasteiger partial charge >= 0.3 is 5.97 Å². The molecule has 1 heterocycles. The van der Waals surface area contributed by atoms with Crippen LogP contribution in [0.1, 0.15) is 29.5 Å². The normalized spacial score (nSPS) is 10.2. The number of anilines is 1. The van der Waals surface area contributed by atoms with Crippen LogP contribution in [0.15, 0.2) is 0 Å². The maximum absolute atomic E-state index is 11.8. The van der Waals surface area contributed by atoms with Gasteiger partial charge in [-0.25, -0.2) is 4.79 Å². The first-order valence-corrected chi connectivity index (χ1v) is 5.71. The molecule has 0 aliphatic rings. The summed E-state index contributed by atoms with van der Waals surface area (Å²) in [5.74, 6) is -0.741. The summed E-state index contributed by atoms with van der Waals surface area (Å²) < 4.78 is 6.49. The van der Waals surface area contributed by atoms with E-state index in [1.807, 2.05) is 6.92 Å². The zero-order valence-corrected chi connectivity index (χ0v) is 10.8. The van der Waals surface area contributed by atoms with Crippen LogP contribution in [0.3, 0.4) is 0 Å². The van der Waals surface area contributed by atoms with Gasteiger partial charge in [0.15, 0.2) is 5.69 Å². The summed E-state index contributed by atoms with van der Waals surface area (Å²) in [6.45, 7) is 4.12. The van der Waals surface area contributed by atoms with Crippen molar-refractivity contribution in [3.05, 3.63) is 11.4 Å². The number of esters is 1. The molecule has 3 N–H and O–H groups in total. The predicted molar refractivity (Wildman–Crippen MR) is 66.0 cm³/mol. The van der Waals surface area contributed by atoms with Crippen LogP contribution in [0, 0.1) is 6.92 Å². The zero-order chi connectivity index (χ0) is 13.7. The molecule has 0 fully saturated rings. The maximum atomic E-state index is 11.8. The number of carbonyl (C=O) groups is 2. The molecule has 0 radical (unpaired) electrons. The Morgan fingerprint density at radius 1 is 1.50 bits per heavy atom. The van der Waals surface area contributed by atoms with Crippen LogP contribution < -0.4 is 11.1 Å². The molecule has 1 aromatic rings. The van der Waals surface area contributed by atoms with Crippen molar-refractivity contribution in [2.75, 3.05) is 19.4 Å². The van der Waals surface area contributed by atoms with E-state index < -0.39 is 5.97 Å². The number of ether oxygens (including phenoxy) is 1. The van der Waals surface area contributed by atoms with Gasteiger partial charge < -0.3 is 15.8 Å². The number of nitrogens with zero attached hydrogens (tertiary/aromatic N) is 2. The molecule has 0 unspecified atom stereocenters. The summed E-state index contributed by atoms with van der Waals surface area (Å²) in [5.41, 5.74) is 6.93. The minimum absolute atomic E-state index is 0.0197. The van der Waals surface area contributed by atoms with Gasteiger partial charge in [-0.2, -0.15) is 5.10 Å². The van der Waals surface area contributed by atoms with Crippen molar-refractivity contribution in [3.63, 3.8) is 0 Å². The Morgan fingerprint density at radius 2 is 2.17 bits per heavy atom. The molecule has 7 heteroatoms. The first kappa shape index (κ1) is 14.0. The number of aryl methyl sites for hydroxylation is 2. The van der Waals surface area contributed by atoms with Gasteiger partial charge in [-0.3, -0.25) is 9.48 Å². The Bertz CT molecular complexity index is 453. The molecular formula is C11H18N4O3. The Labute approximate surface area is 105 Å². The van der Waals surface area contributed by atoms with E-state index in [1.165, 1.54) is 11.7 Å². The lowest BCUT2D eigenvalue weighted by Crippen LogP contribution is -2.21. The summed E-state index contributed by atoms with van der Waals surface area (Å²) in [5, 5.41) is 6.56. The van der Waals surface area contributed by atoms with Gasteiger partial charge in [-0.05, 0) is 13.8 Å². The molecule has 7 nitrogen and oxygen atoms in total. The summed E-state index contributed by atoms with van der Waals surface area (Å²) in [7, 11) is 1.53. The van der Waals surface area contributed by atoms with E-state index in [0.29, 0.717) is 17.9 Å². The van der Waals surface area contributed by atoms with E-state index in [1.54, 1.807) is 6.92 Å². The summed E-state index contributed by atoms with van der Waals surface area (Å²) in [6.07, 6.45) is 0.126. The smallest absolute Gasteiger partial charge is 0.358 e.